The lowest BCUT2D eigenvalue weighted by atomic mass is 10.0. The monoisotopic (exact) mass is 359 g/mol. The number of carbonyl (C=O) groups excluding carboxylic acids is 1. The standard InChI is InChI=1S/C21H17N3O3/c25-18-11-5-1-7-14(18)13-22-24-20(16-9-3-6-12-19(16)26)23-17-10-4-2-8-15(17)21(24)27/h1-13,20,23,25-26H/b22-13+. The molecule has 1 amide bonds. The molecule has 134 valence electrons. The van der Waals surface area contributed by atoms with E-state index in [2.05, 4.69) is 10.4 Å². The first-order valence-corrected chi connectivity index (χ1v) is 8.44. The molecule has 1 heterocycles. The van der Waals surface area contributed by atoms with Gasteiger partial charge >= 0.3 is 0 Å². The highest BCUT2D eigenvalue weighted by atomic mass is 16.3. The van der Waals surface area contributed by atoms with Gasteiger partial charge in [0.05, 0.1) is 11.8 Å². The van der Waals surface area contributed by atoms with Crippen LogP contribution in [0.5, 0.6) is 11.5 Å². The highest BCUT2D eigenvalue weighted by Crippen LogP contribution is 2.36. The molecule has 6 heteroatoms. The van der Waals surface area contributed by atoms with Crippen molar-refractivity contribution in [2.75, 3.05) is 5.32 Å². The maximum absolute atomic E-state index is 13.0. The molecule has 4 rings (SSSR count). The SMILES string of the molecule is O=C1c2ccccc2NC(c2ccccc2O)N1/N=C/c1ccccc1O. The molecule has 27 heavy (non-hydrogen) atoms. The molecule has 0 saturated carbocycles. The third-order valence-electron chi connectivity index (χ3n) is 4.39. The van der Waals surface area contributed by atoms with E-state index >= 15 is 0 Å². The number of benzene rings is 3. The maximum Gasteiger partial charge on any atom is 0.278 e. The fourth-order valence-corrected chi connectivity index (χ4v) is 3.01. The van der Waals surface area contributed by atoms with Gasteiger partial charge in [-0.25, -0.2) is 5.01 Å². The van der Waals surface area contributed by atoms with Crippen molar-refractivity contribution in [1.29, 1.82) is 0 Å². The molecular weight excluding hydrogens is 342 g/mol. The van der Waals surface area contributed by atoms with Crippen molar-refractivity contribution < 1.29 is 15.0 Å². The number of carbonyl (C=O) groups is 1. The van der Waals surface area contributed by atoms with E-state index in [-0.39, 0.29) is 17.4 Å². The van der Waals surface area contributed by atoms with Gasteiger partial charge in [-0.2, -0.15) is 5.10 Å². The Labute approximate surface area is 156 Å². The number of fused-ring (bicyclic) bond motifs is 1. The number of rotatable bonds is 3. The molecular formula is C21H17N3O3. The summed E-state index contributed by atoms with van der Waals surface area (Å²) in [6, 6.07) is 20.7. The van der Waals surface area contributed by atoms with Crippen molar-refractivity contribution in [1.82, 2.24) is 5.01 Å². The van der Waals surface area contributed by atoms with Crippen LogP contribution in [0.25, 0.3) is 0 Å². The van der Waals surface area contributed by atoms with Crippen LogP contribution in [0, 0.1) is 0 Å². The van der Waals surface area contributed by atoms with Gasteiger partial charge in [0.15, 0.2) is 6.17 Å². The number of anilines is 1. The number of phenolic OH excluding ortho intramolecular Hbond substituents is 2. The summed E-state index contributed by atoms with van der Waals surface area (Å²) in [5, 5.41) is 29.1. The Balaban J connectivity index is 1.79. The highest BCUT2D eigenvalue weighted by molar-refractivity contribution is 6.02. The number of nitrogens with zero attached hydrogens (tertiary/aromatic N) is 2. The number of hydrogen-bond donors (Lipinski definition) is 3. The van der Waals surface area contributed by atoms with E-state index in [1.807, 2.05) is 12.1 Å². The fraction of sp³-hybridized carbons (Fsp3) is 0.0476. The van der Waals surface area contributed by atoms with Crippen LogP contribution in [0.3, 0.4) is 0 Å². The second-order valence-corrected chi connectivity index (χ2v) is 6.10. The summed E-state index contributed by atoms with van der Waals surface area (Å²) in [6.07, 6.45) is 0.742. The van der Waals surface area contributed by atoms with Gasteiger partial charge in [-0.05, 0) is 30.3 Å². The van der Waals surface area contributed by atoms with Crippen LogP contribution in [0.15, 0.2) is 77.9 Å². The third kappa shape index (κ3) is 3.08. The number of hydrazone groups is 1. The molecule has 0 spiro atoms. The molecule has 6 nitrogen and oxygen atoms in total. The number of para-hydroxylation sites is 3. The Morgan fingerprint density at radius 1 is 0.889 bits per heavy atom. The van der Waals surface area contributed by atoms with Gasteiger partial charge in [0, 0.05) is 16.8 Å². The van der Waals surface area contributed by atoms with E-state index < -0.39 is 6.17 Å². The number of phenols is 2. The van der Waals surface area contributed by atoms with Gasteiger partial charge in [-0.1, -0.05) is 42.5 Å². The van der Waals surface area contributed by atoms with Crippen LogP contribution < -0.4 is 5.32 Å². The first kappa shape index (κ1) is 16.7. The molecule has 1 aliphatic rings. The van der Waals surface area contributed by atoms with Gasteiger partial charge in [0.1, 0.15) is 11.5 Å². The van der Waals surface area contributed by atoms with Crippen LogP contribution in [0.1, 0.15) is 27.7 Å². The van der Waals surface area contributed by atoms with E-state index in [4.69, 9.17) is 0 Å². The van der Waals surface area contributed by atoms with E-state index in [1.54, 1.807) is 60.7 Å². The summed E-state index contributed by atoms with van der Waals surface area (Å²) in [5.74, 6) is -0.174. The number of nitrogens with one attached hydrogen (secondary N) is 1. The van der Waals surface area contributed by atoms with Crippen LogP contribution in [-0.4, -0.2) is 27.3 Å². The van der Waals surface area contributed by atoms with Gasteiger partial charge in [0.25, 0.3) is 5.91 Å². The maximum atomic E-state index is 13.0. The summed E-state index contributed by atoms with van der Waals surface area (Å²) < 4.78 is 0. The highest BCUT2D eigenvalue weighted by Gasteiger charge is 2.34. The van der Waals surface area contributed by atoms with Gasteiger partial charge in [-0.15, -0.1) is 0 Å². The molecule has 1 unspecified atom stereocenters. The van der Waals surface area contributed by atoms with Gasteiger partial charge < -0.3 is 15.5 Å². The molecule has 1 atom stereocenters. The molecule has 3 aromatic rings. The zero-order valence-electron chi connectivity index (χ0n) is 14.3. The van der Waals surface area contributed by atoms with Crippen LogP contribution in [0.2, 0.25) is 0 Å². The largest absolute Gasteiger partial charge is 0.508 e. The van der Waals surface area contributed by atoms with Crippen LogP contribution >= 0.6 is 0 Å². The quantitative estimate of drug-likeness (QED) is 0.623. The molecule has 1 aliphatic heterocycles. The summed E-state index contributed by atoms with van der Waals surface area (Å²) in [6.45, 7) is 0. The number of hydrogen-bond acceptors (Lipinski definition) is 5. The van der Waals surface area contributed by atoms with E-state index in [1.165, 1.54) is 11.2 Å². The zero-order chi connectivity index (χ0) is 18.8. The molecule has 0 saturated heterocycles. The van der Waals surface area contributed by atoms with Crippen molar-refractivity contribution in [3.63, 3.8) is 0 Å². The first-order chi connectivity index (χ1) is 13.1. The van der Waals surface area contributed by atoms with E-state index in [9.17, 15) is 15.0 Å². The van der Waals surface area contributed by atoms with Crippen LogP contribution in [-0.2, 0) is 0 Å². The van der Waals surface area contributed by atoms with Crippen molar-refractivity contribution in [3.8, 4) is 11.5 Å². The van der Waals surface area contributed by atoms with Crippen molar-refractivity contribution >= 4 is 17.8 Å². The number of aromatic hydroxyl groups is 2. The van der Waals surface area contributed by atoms with E-state index in [0.717, 1.165) is 0 Å². The summed E-state index contributed by atoms with van der Waals surface area (Å²) in [5.41, 5.74) is 2.17. The summed E-state index contributed by atoms with van der Waals surface area (Å²) in [4.78, 5) is 13.0. The van der Waals surface area contributed by atoms with Crippen molar-refractivity contribution in [2.45, 2.75) is 6.17 Å². The smallest absolute Gasteiger partial charge is 0.278 e. The second kappa shape index (κ2) is 6.84. The number of amides is 1. The normalized spacial score (nSPS) is 16.2. The van der Waals surface area contributed by atoms with Gasteiger partial charge in [0.2, 0.25) is 0 Å². The average Bonchev–Trinajstić information content (AvgIpc) is 2.69. The molecule has 0 bridgehead atoms. The lowest BCUT2D eigenvalue weighted by Gasteiger charge is -2.34. The fourth-order valence-electron chi connectivity index (χ4n) is 3.01. The Morgan fingerprint density at radius 3 is 2.33 bits per heavy atom. The lowest BCUT2D eigenvalue weighted by molar-refractivity contribution is 0.0689. The van der Waals surface area contributed by atoms with Gasteiger partial charge in [-0.3, -0.25) is 4.79 Å². The topological polar surface area (TPSA) is 85.2 Å². The van der Waals surface area contributed by atoms with E-state index in [0.29, 0.717) is 22.4 Å². The molecule has 3 aromatic carbocycles. The Hall–Kier alpha value is -3.80. The molecule has 0 aliphatic carbocycles. The summed E-state index contributed by atoms with van der Waals surface area (Å²) >= 11 is 0. The minimum atomic E-state index is -0.685. The molecule has 0 aromatic heterocycles. The molecule has 0 radical (unpaired) electrons. The zero-order valence-corrected chi connectivity index (χ0v) is 14.3. The molecule has 0 fully saturated rings. The summed E-state index contributed by atoms with van der Waals surface area (Å²) in [7, 11) is 0. The lowest BCUT2D eigenvalue weighted by Crippen LogP contribution is -2.39. The predicted molar refractivity (Wildman–Crippen MR) is 103 cm³/mol. The molecule has 3 N–H and O–H groups in total. The first-order valence-electron chi connectivity index (χ1n) is 8.44. The Kier molecular flexibility index (Phi) is 4.22. The van der Waals surface area contributed by atoms with Crippen LogP contribution in [0.4, 0.5) is 5.69 Å². The minimum Gasteiger partial charge on any atom is -0.508 e. The Bertz CT molecular complexity index is 1030. The second-order valence-electron chi connectivity index (χ2n) is 6.10. The van der Waals surface area contributed by atoms with Crippen molar-refractivity contribution in [2.24, 2.45) is 5.10 Å². The Morgan fingerprint density at radius 2 is 1.56 bits per heavy atom. The third-order valence-corrected chi connectivity index (χ3v) is 4.39. The predicted octanol–water partition coefficient (Wildman–Crippen LogP) is 3.70. The van der Waals surface area contributed by atoms with Crippen molar-refractivity contribution in [3.05, 3.63) is 89.5 Å². The average molecular weight is 359 g/mol. The minimum absolute atomic E-state index is 0.0601.